The van der Waals surface area contributed by atoms with E-state index in [4.69, 9.17) is 0 Å². The molecule has 0 unspecified atom stereocenters. The Morgan fingerprint density at radius 1 is 1.08 bits per heavy atom. The molecule has 0 amide bonds. The normalized spacial score (nSPS) is 37.6. The van der Waals surface area contributed by atoms with Crippen LogP contribution in [0.2, 0.25) is 0 Å². The summed E-state index contributed by atoms with van der Waals surface area (Å²) in [5.74, 6) is 0. The van der Waals surface area contributed by atoms with Crippen LogP contribution in [0.3, 0.4) is 0 Å². The van der Waals surface area contributed by atoms with Crippen molar-refractivity contribution in [2.75, 3.05) is 26.2 Å². The number of nitrogens with one attached hydrogen (secondary N) is 1. The fourth-order valence-corrected chi connectivity index (χ4v) is 2.80. The minimum absolute atomic E-state index is 0.0122. The zero-order valence-corrected chi connectivity index (χ0v) is 8.34. The van der Waals surface area contributed by atoms with Crippen molar-refractivity contribution in [3.63, 3.8) is 0 Å². The van der Waals surface area contributed by atoms with E-state index in [9.17, 15) is 5.11 Å². The van der Waals surface area contributed by atoms with Crippen LogP contribution in [0.4, 0.5) is 0 Å². The molecular formula is C10H22N2O+2. The van der Waals surface area contributed by atoms with Gasteiger partial charge in [-0.05, 0) is 12.8 Å². The van der Waals surface area contributed by atoms with Gasteiger partial charge in [-0.25, -0.2) is 0 Å². The van der Waals surface area contributed by atoms with E-state index in [0.717, 1.165) is 6.42 Å². The second-order valence-electron chi connectivity index (χ2n) is 4.48. The summed E-state index contributed by atoms with van der Waals surface area (Å²) in [5.41, 5.74) is 0. The Labute approximate surface area is 80.1 Å². The molecule has 1 heterocycles. The summed E-state index contributed by atoms with van der Waals surface area (Å²) in [5, 5.41) is 12.3. The highest BCUT2D eigenvalue weighted by molar-refractivity contribution is 4.73. The van der Waals surface area contributed by atoms with Crippen molar-refractivity contribution in [2.24, 2.45) is 0 Å². The van der Waals surface area contributed by atoms with Gasteiger partial charge in [-0.1, -0.05) is 6.42 Å². The van der Waals surface area contributed by atoms with Crippen LogP contribution in [0.25, 0.3) is 0 Å². The zero-order valence-electron chi connectivity index (χ0n) is 8.34. The second-order valence-corrected chi connectivity index (χ2v) is 4.48. The monoisotopic (exact) mass is 186 g/mol. The fraction of sp³-hybridized carbons (Fsp3) is 1.00. The van der Waals surface area contributed by atoms with Gasteiger partial charge in [0.2, 0.25) is 0 Å². The van der Waals surface area contributed by atoms with Crippen LogP contribution in [0.1, 0.15) is 25.7 Å². The Balaban J connectivity index is 1.88. The molecule has 1 aliphatic heterocycles. The first-order valence-electron chi connectivity index (χ1n) is 5.72. The van der Waals surface area contributed by atoms with Crippen LogP contribution < -0.4 is 10.2 Å². The van der Waals surface area contributed by atoms with Crippen molar-refractivity contribution in [3.8, 4) is 0 Å². The molecule has 0 bridgehead atoms. The molecule has 0 aromatic rings. The third-order valence-corrected chi connectivity index (χ3v) is 3.59. The Kier molecular flexibility index (Phi) is 3.19. The SMILES string of the molecule is O[C@H]1CCCC[C@@H]1[NH+]1CC[NH2+]CC1. The maximum Gasteiger partial charge on any atom is 0.127 e. The molecule has 1 aliphatic carbocycles. The highest BCUT2D eigenvalue weighted by atomic mass is 16.3. The topological polar surface area (TPSA) is 41.3 Å². The molecule has 2 fully saturated rings. The molecule has 0 radical (unpaired) electrons. The van der Waals surface area contributed by atoms with Crippen molar-refractivity contribution in [1.29, 1.82) is 0 Å². The third kappa shape index (κ3) is 2.22. The number of hydrogen-bond acceptors (Lipinski definition) is 1. The molecule has 1 saturated carbocycles. The quantitative estimate of drug-likeness (QED) is 0.425. The van der Waals surface area contributed by atoms with Gasteiger partial charge in [-0.3, -0.25) is 0 Å². The Hall–Kier alpha value is -0.120. The molecule has 76 valence electrons. The predicted octanol–water partition coefficient (Wildman–Crippen LogP) is -2.25. The van der Waals surface area contributed by atoms with E-state index in [1.807, 2.05) is 0 Å². The van der Waals surface area contributed by atoms with Gasteiger partial charge in [0.15, 0.2) is 0 Å². The van der Waals surface area contributed by atoms with E-state index in [0.29, 0.717) is 6.04 Å². The molecule has 0 aromatic carbocycles. The molecule has 2 atom stereocenters. The molecular weight excluding hydrogens is 164 g/mol. The summed E-state index contributed by atoms with van der Waals surface area (Å²) in [7, 11) is 0. The van der Waals surface area contributed by atoms with Crippen LogP contribution in [0.15, 0.2) is 0 Å². The van der Waals surface area contributed by atoms with E-state index in [2.05, 4.69) is 5.32 Å². The van der Waals surface area contributed by atoms with Gasteiger partial charge in [0.25, 0.3) is 0 Å². The molecule has 0 aromatic heterocycles. The van der Waals surface area contributed by atoms with Gasteiger partial charge in [-0.2, -0.15) is 0 Å². The summed E-state index contributed by atoms with van der Waals surface area (Å²) in [6.45, 7) is 5.00. The first kappa shape index (κ1) is 9.44. The third-order valence-electron chi connectivity index (χ3n) is 3.59. The standard InChI is InChI=1S/C10H20N2O/c13-10-4-2-1-3-9(10)12-7-5-11-6-8-12/h9-11,13H,1-8H2/p+2/t9-,10-/m0/s1. The lowest BCUT2D eigenvalue weighted by atomic mass is 9.91. The number of aliphatic hydroxyl groups is 1. The maximum absolute atomic E-state index is 9.89. The average Bonchev–Trinajstić information content (AvgIpc) is 2.20. The van der Waals surface area contributed by atoms with Crippen molar-refractivity contribution < 1.29 is 15.3 Å². The van der Waals surface area contributed by atoms with Gasteiger partial charge < -0.3 is 15.3 Å². The fourth-order valence-electron chi connectivity index (χ4n) is 2.80. The van der Waals surface area contributed by atoms with Crippen molar-refractivity contribution in [1.82, 2.24) is 0 Å². The maximum atomic E-state index is 9.89. The van der Waals surface area contributed by atoms with E-state index in [1.54, 1.807) is 4.90 Å². The first-order chi connectivity index (χ1) is 6.38. The summed E-state index contributed by atoms with van der Waals surface area (Å²) in [6.07, 6.45) is 4.84. The Morgan fingerprint density at radius 2 is 1.77 bits per heavy atom. The smallest absolute Gasteiger partial charge is 0.127 e. The number of hydrogen-bond donors (Lipinski definition) is 3. The highest BCUT2D eigenvalue weighted by Crippen LogP contribution is 2.16. The molecule has 4 N–H and O–H groups in total. The lowest BCUT2D eigenvalue weighted by Crippen LogP contribution is -3.24. The summed E-state index contributed by atoms with van der Waals surface area (Å²) in [4.78, 5) is 1.66. The van der Waals surface area contributed by atoms with Crippen molar-refractivity contribution in [2.45, 2.75) is 37.8 Å². The summed E-state index contributed by atoms with van der Waals surface area (Å²) < 4.78 is 0. The number of nitrogens with two attached hydrogens (primary N) is 1. The largest absolute Gasteiger partial charge is 0.387 e. The molecule has 2 rings (SSSR count). The Bertz CT molecular complexity index is 157. The van der Waals surface area contributed by atoms with Crippen molar-refractivity contribution >= 4 is 0 Å². The molecule has 3 nitrogen and oxygen atoms in total. The summed E-state index contributed by atoms with van der Waals surface area (Å²) >= 11 is 0. The predicted molar refractivity (Wildman–Crippen MR) is 50.6 cm³/mol. The summed E-state index contributed by atoms with van der Waals surface area (Å²) in [6, 6.07) is 0.558. The minimum Gasteiger partial charge on any atom is -0.387 e. The zero-order chi connectivity index (χ0) is 9.10. The Morgan fingerprint density at radius 3 is 2.46 bits per heavy atom. The van der Waals surface area contributed by atoms with Crippen LogP contribution in [0, 0.1) is 0 Å². The molecule has 13 heavy (non-hydrogen) atoms. The van der Waals surface area contributed by atoms with Crippen LogP contribution >= 0.6 is 0 Å². The van der Waals surface area contributed by atoms with E-state index >= 15 is 0 Å². The van der Waals surface area contributed by atoms with Crippen molar-refractivity contribution in [3.05, 3.63) is 0 Å². The molecule has 3 heteroatoms. The van der Waals surface area contributed by atoms with Crippen LogP contribution in [-0.2, 0) is 0 Å². The number of aliphatic hydroxyl groups excluding tert-OH is 1. The van der Waals surface area contributed by atoms with Crippen LogP contribution in [0.5, 0.6) is 0 Å². The van der Waals surface area contributed by atoms with Crippen LogP contribution in [-0.4, -0.2) is 43.4 Å². The van der Waals surface area contributed by atoms with E-state index in [-0.39, 0.29) is 6.10 Å². The number of quaternary nitrogens is 2. The lowest BCUT2D eigenvalue weighted by molar-refractivity contribution is -0.970. The second kappa shape index (κ2) is 4.40. The minimum atomic E-state index is -0.0122. The van der Waals surface area contributed by atoms with E-state index < -0.39 is 0 Å². The first-order valence-corrected chi connectivity index (χ1v) is 5.72. The van der Waals surface area contributed by atoms with Gasteiger partial charge in [0.1, 0.15) is 38.3 Å². The van der Waals surface area contributed by atoms with Gasteiger partial charge >= 0.3 is 0 Å². The number of rotatable bonds is 1. The average molecular weight is 186 g/mol. The van der Waals surface area contributed by atoms with Gasteiger partial charge in [-0.15, -0.1) is 0 Å². The van der Waals surface area contributed by atoms with E-state index in [1.165, 1.54) is 45.4 Å². The highest BCUT2D eigenvalue weighted by Gasteiger charge is 2.33. The molecule has 1 saturated heterocycles. The molecule has 0 spiro atoms. The molecule has 2 aliphatic rings. The number of piperazine rings is 1. The lowest BCUT2D eigenvalue weighted by Gasteiger charge is -2.35. The van der Waals surface area contributed by atoms with Gasteiger partial charge in [0.05, 0.1) is 0 Å². The van der Waals surface area contributed by atoms with Gasteiger partial charge in [0, 0.05) is 6.42 Å².